The van der Waals surface area contributed by atoms with Crippen molar-refractivity contribution in [3.8, 4) is 0 Å². The maximum atomic E-state index is 4.98. The van der Waals surface area contributed by atoms with E-state index in [2.05, 4.69) is 24.2 Å². The minimum atomic E-state index is 0.218. The molecule has 0 atom stereocenters. The van der Waals surface area contributed by atoms with E-state index in [4.69, 9.17) is 4.74 Å². The lowest BCUT2D eigenvalue weighted by Crippen LogP contribution is -2.36. The summed E-state index contributed by atoms with van der Waals surface area (Å²) in [5.74, 6) is 1.11. The number of amidine groups is 1. The van der Waals surface area contributed by atoms with Crippen molar-refractivity contribution in [2.45, 2.75) is 32.2 Å². The fourth-order valence-electron chi connectivity index (χ4n) is 1.23. The minimum absolute atomic E-state index is 0.218. The Morgan fingerprint density at radius 2 is 2.29 bits per heavy atom. The molecule has 1 heterocycles. The second kappa shape index (κ2) is 5.61. The van der Waals surface area contributed by atoms with Gasteiger partial charge in [0.05, 0.1) is 0 Å². The van der Waals surface area contributed by atoms with Gasteiger partial charge in [-0.3, -0.25) is 4.99 Å². The Labute approximate surface area is 90.7 Å². The predicted molar refractivity (Wildman–Crippen MR) is 63.1 cm³/mol. The number of hydrogen-bond donors (Lipinski definition) is 1. The van der Waals surface area contributed by atoms with Gasteiger partial charge in [0.2, 0.25) is 0 Å². The van der Waals surface area contributed by atoms with Gasteiger partial charge in [-0.15, -0.1) is 0 Å². The van der Waals surface area contributed by atoms with Gasteiger partial charge in [-0.05, 0) is 26.7 Å². The number of aliphatic imine (C=N–C) groups is 1. The van der Waals surface area contributed by atoms with Crippen molar-refractivity contribution in [1.82, 2.24) is 5.32 Å². The number of methoxy groups -OCH3 is 1. The van der Waals surface area contributed by atoms with Crippen LogP contribution in [-0.4, -0.2) is 36.7 Å². The van der Waals surface area contributed by atoms with E-state index in [-0.39, 0.29) is 5.54 Å². The Bertz CT molecular complexity index is 204. The number of unbranched alkanes of at least 4 members (excludes halogenated alkanes) is 1. The molecule has 0 spiro atoms. The fraction of sp³-hybridized carbons (Fsp3) is 0.900. The molecule has 1 rings (SSSR count). The third-order valence-electron chi connectivity index (χ3n) is 2.03. The van der Waals surface area contributed by atoms with Crippen LogP contribution < -0.4 is 5.32 Å². The third kappa shape index (κ3) is 4.33. The quantitative estimate of drug-likeness (QED) is 0.712. The SMILES string of the molecule is COCCCCN=C1NC(C)(C)CS1. The molecular weight excluding hydrogens is 196 g/mol. The highest BCUT2D eigenvalue weighted by molar-refractivity contribution is 8.14. The standard InChI is InChI=1S/C10H20N2OS/c1-10(2)8-14-9(12-10)11-6-4-5-7-13-3/h4-8H2,1-3H3,(H,11,12). The molecule has 1 aliphatic rings. The number of hydrogen-bond acceptors (Lipinski definition) is 3. The van der Waals surface area contributed by atoms with Gasteiger partial charge in [-0.25, -0.2) is 0 Å². The molecule has 0 amide bonds. The number of nitrogens with one attached hydrogen (secondary N) is 1. The van der Waals surface area contributed by atoms with Gasteiger partial charge >= 0.3 is 0 Å². The van der Waals surface area contributed by atoms with Gasteiger partial charge in [0, 0.05) is 31.6 Å². The normalized spacial score (nSPS) is 22.6. The summed E-state index contributed by atoms with van der Waals surface area (Å²) in [5.41, 5.74) is 0.218. The molecule has 1 aliphatic heterocycles. The van der Waals surface area contributed by atoms with Crippen molar-refractivity contribution in [3.05, 3.63) is 0 Å². The summed E-state index contributed by atoms with van der Waals surface area (Å²) in [6.07, 6.45) is 2.21. The highest BCUT2D eigenvalue weighted by Gasteiger charge is 2.26. The highest BCUT2D eigenvalue weighted by atomic mass is 32.2. The van der Waals surface area contributed by atoms with Crippen molar-refractivity contribution < 1.29 is 4.74 Å². The topological polar surface area (TPSA) is 33.6 Å². The van der Waals surface area contributed by atoms with Crippen LogP contribution in [0.1, 0.15) is 26.7 Å². The Morgan fingerprint density at radius 1 is 1.50 bits per heavy atom. The van der Waals surface area contributed by atoms with Crippen LogP contribution in [0, 0.1) is 0 Å². The average molecular weight is 216 g/mol. The monoisotopic (exact) mass is 216 g/mol. The molecule has 0 radical (unpaired) electrons. The summed E-state index contributed by atoms with van der Waals surface area (Å²) in [6, 6.07) is 0. The zero-order valence-corrected chi connectivity index (χ0v) is 10.1. The molecule has 0 aromatic rings. The second-order valence-electron chi connectivity index (χ2n) is 4.18. The number of rotatable bonds is 5. The van der Waals surface area contributed by atoms with Crippen LogP contribution >= 0.6 is 11.8 Å². The van der Waals surface area contributed by atoms with Gasteiger partial charge in [0.15, 0.2) is 5.17 Å². The van der Waals surface area contributed by atoms with Gasteiger partial charge in [-0.1, -0.05) is 11.8 Å². The first-order chi connectivity index (χ1) is 6.64. The van der Waals surface area contributed by atoms with Crippen LogP contribution in [0.25, 0.3) is 0 Å². The first-order valence-electron chi connectivity index (χ1n) is 5.08. The molecule has 82 valence electrons. The average Bonchev–Trinajstić information content (AvgIpc) is 2.45. The van der Waals surface area contributed by atoms with E-state index >= 15 is 0 Å². The van der Waals surface area contributed by atoms with Crippen molar-refractivity contribution in [1.29, 1.82) is 0 Å². The Kier molecular flexibility index (Phi) is 4.75. The number of ether oxygens (including phenoxy) is 1. The van der Waals surface area contributed by atoms with Crippen LogP contribution in [0.15, 0.2) is 4.99 Å². The Morgan fingerprint density at radius 3 is 2.86 bits per heavy atom. The van der Waals surface area contributed by atoms with E-state index < -0.39 is 0 Å². The van der Waals surface area contributed by atoms with Crippen molar-refractivity contribution in [2.24, 2.45) is 4.99 Å². The smallest absolute Gasteiger partial charge is 0.157 e. The van der Waals surface area contributed by atoms with Crippen LogP contribution in [0.2, 0.25) is 0 Å². The molecule has 0 aromatic heterocycles. The first-order valence-corrected chi connectivity index (χ1v) is 6.07. The molecule has 1 N–H and O–H groups in total. The maximum Gasteiger partial charge on any atom is 0.157 e. The lowest BCUT2D eigenvalue weighted by Gasteiger charge is -2.15. The van der Waals surface area contributed by atoms with E-state index in [1.165, 1.54) is 0 Å². The number of nitrogens with zero attached hydrogens (tertiary/aromatic N) is 1. The molecule has 0 saturated carbocycles. The van der Waals surface area contributed by atoms with Crippen molar-refractivity contribution >= 4 is 16.9 Å². The van der Waals surface area contributed by atoms with Crippen molar-refractivity contribution in [2.75, 3.05) is 26.0 Å². The zero-order valence-electron chi connectivity index (χ0n) is 9.30. The maximum absolute atomic E-state index is 4.98. The van der Waals surface area contributed by atoms with Crippen molar-refractivity contribution in [3.63, 3.8) is 0 Å². The molecule has 3 nitrogen and oxygen atoms in total. The molecule has 0 aliphatic carbocycles. The van der Waals surface area contributed by atoms with Gasteiger partial charge in [0.1, 0.15) is 0 Å². The van der Waals surface area contributed by atoms with Gasteiger partial charge in [-0.2, -0.15) is 0 Å². The summed E-state index contributed by atoms with van der Waals surface area (Å²) < 4.78 is 4.98. The Hall–Kier alpha value is -0.220. The zero-order chi connectivity index (χ0) is 10.4. The second-order valence-corrected chi connectivity index (χ2v) is 5.15. The molecule has 14 heavy (non-hydrogen) atoms. The molecular formula is C10H20N2OS. The van der Waals surface area contributed by atoms with Crippen LogP contribution in [0.4, 0.5) is 0 Å². The molecule has 0 unspecified atom stereocenters. The summed E-state index contributed by atoms with van der Waals surface area (Å²) >= 11 is 1.82. The first kappa shape index (κ1) is 11.9. The summed E-state index contributed by atoms with van der Waals surface area (Å²) in [6.45, 7) is 6.16. The van der Waals surface area contributed by atoms with Crippen LogP contribution in [-0.2, 0) is 4.74 Å². The molecule has 0 aromatic carbocycles. The summed E-state index contributed by atoms with van der Waals surface area (Å²) in [7, 11) is 1.74. The van der Waals surface area contributed by atoms with Crippen LogP contribution in [0.5, 0.6) is 0 Å². The Balaban J connectivity index is 2.13. The van der Waals surface area contributed by atoms with E-state index in [0.29, 0.717) is 0 Å². The summed E-state index contributed by atoms with van der Waals surface area (Å²) in [5, 5.41) is 4.51. The lowest BCUT2D eigenvalue weighted by molar-refractivity contribution is 0.193. The van der Waals surface area contributed by atoms with E-state index in [0.717, 1.165) is 36.9 Å². The minimum Gasteiger partial charge on any atom is -0.385 e. The molecule has 0 bridgehead atoms. The van der Waals surface area contributed by atoms with Crippen LogP contribution in [0.3, 0.4) is 0 Å². The number of thioether (sulfide) groups is 1. The summed E-state index contributed by atoms with van der Waals surface area (Å²) in [4.78, 5) is 4.50. The largest absolute Gasteiger partial charge is 0.385 e. The fourth-order valence-corrected chi connectivity index (χ4v) is 2.34. The molecule has 1 saturated heterocycles. The van der Waals surface area contributed by atoms with E-state index in [1.54, 1.807) is 7.11 Å². The molecule has 4 heteroatoms. The highest BCUT2D eigenvalue weighted by Crippen LogP contribution is 2.21. The van der Waals surface area contributed by atoms with Gasteiger partial charge < -0.3 is 10.1 Å². The molecule has 1 fully saturated rings. The van der Waals surface area contributed by atoms with E-state index in [1.807, 2.05) is 11.8 Å². The third-order valence-corrected chi connectivity index (χ3v) is 3.40. The van der Waals surface area contributed by atoms with Gasteiger partial charge in [0.25, 0.3) is 0 Å². The van der Waals surface area contributed by atoms with E-state index in [9.17, 15) is 0 Å². The predicted octanol–water partition coefficient (Wildman–Crippen LogP) is 1.88. The lowest BCUT2D eigenvalue weighted by atomic mass is 10.1.